The highest BCUT2D eigenvalue weighted by Gasteiger charge is 2.04. The highest BCUT2D eigenvalue weighted by atomic mass is 16.5. The van der Waals surface area contributed by atoms with E-state index < -0.39 is 0 Å². The third-order valence-corrected chi connectivity index (χ3v) is 2.46. The van der Waals surface area contributed by atoms with Crippen molar-refractivity contribution in [3.63, 3.8) is 0 Å². The van der Waals surface area contributed by atoms with Gasteiger partial charge in [-0.3, -0.25) is 0 Å². The Labute approximate surface area is 111 Å². The van der Waals surface area contributed by atoms with Crippen LogP contribution < -0.4 is 15.8 Å². The molecular weight excluding hydrogens is 240 g/mol. The number of hydrogen-bond donors (Lipinski definition) is 2. The molecule has 5 nitrogen and oxygen atoms in total. The second-order valence-electron chi connectivity index (χ2n) is 3.86. The van der Waals surface area contributed by atoms with Gasteiger partial charge in [0.25, 0.3) is 0 Å². The number of ether oxygens (including phenoxy) is 1. The molecule has 0 radical (unpaired) electrons. The van der Waals surface area contributed by atoms with Gasteiger partial charge in [0.15, 0.2) is 0 Å². The number of nitriles is 1. The third-order valence-electron chi connectivity index (χ3n) is 2.46. The molecule has 0 saturated carbocycles. The van der Waals surface area contributed by atoms with Crippen molar-refractivity contribution < 1.29 is 4.74 Å². The van der Waals surface area contributed by atoms with Crippen LogP contribution in [0.4, 0.5) is 17.2 Å². The normalized spacial score (nSPS) is 9.68. The van der Waals surface area contributed by atoms with Gasteiger partial charge in [0, 0.05) is 5.69 Å². The van der Waals surface area contributed by atoms with Gasteiger partial charge in [-0.25, -0.2) is 4.98 Å². The van der Waals surface area contributed by atoms with Crippen molar-refractivity contribution in [2.45, 2.75) is 6.92 Å². The minimum absolute atomic E-state index is 0.411. The van der Waals surface area contributed by atoms with Gasteiger partial charge in [-0.2, -0.15) is 5.26 Å². The molecule has 0 amide bonds. The smallest absolute Gasteiger partial charge is 0.148 e. The van der Waals surface area contributed by atoms with Gasteiger partial charge in [0.2, 0.25) is 0 Å². The number of rotatable bonds is 4. The number of aromatic nitrogens is 1. The number of anilines is 3. The molecule has 0 atom stereocenters. The predicted octanol–water partition coefficient (Wildman–Crippen LogP) is 2.68. The maximum Gasteiger partial charge on any atom is 0.148 e. The average molecular weight is 254 g/mol. The Balaban J connectivity index is 2.19. The van der Waals surface area contributed by atoms with E-state index in [4.69, 9.17) is 15.7 Å². The van der Waals surface area contributed by atoms with Crippen molar-refractivity contribution in [1.29, 1.82) is 5.26 Å². The van der Waals surface area contributed by atoms with Crippen LogP contribution >= 0.6 is 0 Å². The highest BCUT2D eigenvalue weighted by Crippen LogP contribution is 2.22. The molecule has 1 aromatic heterocycles. The van der Waals surface area contributed by atoms with Crippen LogP contribution in [0.3, 0.4) is 0 Å². The van der Waals surface area contributed by atoms with Crippen molar-refractivity contribution in [1.82, 2.24) is 4.98 Å². The van der Waals surface area contributed by atoms with E-state index in [9.17, 15) is 0 Å². The summed E-state index contributed by atoms with van der Waals surface area (Å²) in [6, 6.07) is 11.1. The summed E-state index contributed by atoms with van der Waals surface area (Å²) in [7, 11) is 0. The van der Waals surface area contributed by atoms with Crippen LogP contribution in [0.15, 0.2) is 36.5 Å². The zero-order chi connectivity index (χ0) is 13.7. The summed E-state index contributed by atoms with van der Waals surface area (Å²) in [6.07, 6.45) is 1.51. The summed E-state index contributed by atoms with van der Waals surface area (Å²) < 4.78 is 5.36. The lowest BCUT2D eigenvalue weighted by atomic mass is 10.2. The number of nitrogens with zero attached hydrogens (tertiary/aromatic N) is 2. The Bertz CT molecular complexity index is 602. The fourth-order valence-corrected chi connectivity index (χ4v) is 1.60. The topological polar surface area (TPSA) is 84.0 Å². The molecule has 96 valence electrons. The maximum absolute atomic E-state index is 9.03. The first-order valence-corrected chi connectivity index (χ1v) is 5.88. The number of pyridine rings is 1. The first-order valence-electron chi connectivity index (χ1n) is 5.88. The van der Waals surface area contributed by atoms with Crippen LogP contribution in [0.2, 0.25) is 0 Å². The van der Waals surface area contributed by atoms with Gasteiger partial charge < -0.3 is 15.8 Å². The zero-order valence-electron chi connectivity index (χ0n) is 10.6. The Morgan fingerprint density at radius 3 is 2.74 bits per heavy atom. The minimum Gasteiger partial charge on any atom is -0.494 e. The molecule has 0 unspecified atom stereocenters. The summed E-state index contributed by atoms with van der Waals surface area (Å²) >= 11 is 0. The van der Waals surface area contributed by atoms with Crippen LogP contribution in [-0.2, 0) is 0 Å². The molecule has 1 heterocycles. The molecule has 0 saturated heterocycles. The second kappa shape index (κ2) is 5.74. The van der Waals surface area contributed by atoms with E-state index in [-0.39, 0.29) is 0 Å². The lowest BCUT2D eigenvalue weighted by Crippen LogP contribution is -1.99. The van der Waals surface area contributed by atoms with Crippen LogP contribution in [0, 0.1) is 11.3 Å². The number of nitrogens with one attached hydrogen (secondary N) is 1. The number of nitrogen functional groups attached to an aromatic ring is 1. The van der Waals surface area contributed by atoms with Crippen LogP contribution in [0.5, 0.6) is 5.75 Å². The minimum atomic E-state index is 0.411. The summed E-state index contributed by atoms with van der Waals surface area (Å²) in [6.45, 7) is 2.56. The van der Waals surface area contributed by atoms with Crippen molar-refractivity contribution >= 4 is 17.2 Å². The van der Waals surface area contributed by atoms with E-state index in [1.54, 1.807) is 6.07 Å². The molecule has 0 spiro atoms. The van der Waals surface area contributed by atoms with Crippen LogP contribution in [0.25, 0.3) is 0 Å². The van der Waals surface area contributed by atoms with Crippen molar-refractivity contribution in [3.05, 3.63) is 42.1 Å². The SMILES string of the molecule is CCOc1ccc(Nc2ncc(N)cc2C#N)cc1. The van der Waals surface area contributed by atoms with Gasteiger partial charge in [-0.05, 0) is 37.3 Å². The van der Waals surface area contributed by atoms with Gasteiger partial charge in [0.1, 0.15) is 17.6 Å². The van der Waals surface area contributed by atoms with Gasteiger partial charge in [0.05, 0.1) is 24.1 Å². The molecular formula is C14H14N4O. The number of nitrogens with two attached hydrogens (primary N) is 1. The lowest BCUT2D eigenvalue weighted by molar-refractivity contribution is 0.340. The van der Waals surface area contributed by atoms with E-state index in [0.717, 1.165) is 11.4 Å². The van der Waals surface area contributed by atoms with E-state index in [1.165, 1.54) is 6.20 Å². The molecule has 0 aliphatic heterocycles. The monoisotopic (exact) mass is 254 g/mol. The van der Waals surface area contributed by atoms with Gasteiger partial charge in [-0.15, -0.1) is 0 Å². The predicted molar refractivity (Wildman–Crippen MR) is 74.3 cm³/mol. The molecule has 3 N–H and O–H groups in total. The maximum atomic E-state index is 9.03. The van der Waals surface area contributed by atoms with Crippen molar-refractivity contribution in [3.8, 4) is 11.8 Å². The van der Waals surface area contributed by atoms with E-state index >= 15 is 0 Å². The molecule has 0 aliphatic carbocycles. The first kappa shape index (κ1) is 12.7. The van der Waals surface area contributed by atoms with E-state index in [0.29, 0.717) is 23.7 Å². The molecule has 2 rings (SSSR count). The van der Waals surface area contributed by atoms with E-state index in [2.05, 4.69) is 16.4 Å². The van der Waals surface area contributed by atoms with E-state index in [1.807, 2.05) is 31.2 Å². The largest absolute Gasteiger partial charge is 0.494 e. The zero-order valence-corrected chi connectivity index (χ0v) is 10.6. The second-order valence-corrected chi connectivity index (χ2v) is 3.86. The molecule has 2 aromatic rings. The fourth-order valence-electron chi connectivity index (χ4n) is 1.60. The van der Waals surface area contributed by atoms with Gasteiger partial charge >= 0.3 is 0 Å². The fraction of sp³-hybridized carbons (Fsp3) is 0.143. The molecule has 19 heavy (non-hydrogen) atoms. The van der Waals surface area contributed by atoms with Crippen LogP contribution in [0.1, 0.15) is 12.5 Å². The first-order chi connectivity index (χ1) is 9.22. The molecule has 1 aromatic carbocycles. The summed E-state index contributed by atoms with van der Waals surface area (Å²) in [4.78, 5) is 4.11. The average Bonchev–Trinajstić information content (AvgIpc) is 2.43. The van der Waals surface area contributed by atoms with Gasteiger partial charge in [-0.1, -0.05) is 0 Å². The number of hydrogen-bond acceptors (Lipinski definition) is 5. The summed E-state index contributed by atoms with van der Waals surface area (Å²) in [5.74, 6) is 1.29. The van der Waals surface area contributed by atoms with Crippen molar-refractivity contribution in [2.75, 3.05) is 17.7 Å². The molecule has 0 aliphatic rings. The van der Waals surface area contributed by atoms with Crippen molar-refractivity contribution in [2.24, 2.45) is 0 Å². The van der Waals surface area contributed by atoms with Crippen LogP contribution in [-0.4, -0.2) is 11.6 Å². The summed E-state index contributed by atoms with van der Waals surface area (Å²) in [5.41, 5.74) is 7.30. The lowest BCUT2D eigenvalue weighted by Gasteiger charge is -2.08. The molecule has 5 heteroatoms. The third kappa shape index (κ3) is 3.13. The molecule has 0 fully saturated rings. The Hall–Kier alpha value is -2.74. The Morgan fingerprint density at radius 1 is 1.37 bits per heavy atom. The summed E-state index contributed by atoms with van der Waals surface area (Å²) in [5, 5.41) is 12.1. The quantitative estimate of drug-likeness (QED) is 0.876. The Kier molecular flexibility index (Phi) is 3.84. The standard InChI is InChI=1S/C14H14N4O/c1-2-19-13-5-3-12(4-6-13)18-14-10(8-15)7-11(16)9-17-14/h3-7,9H,2,16H2,1H3,(H,17,18). The Morgan fingerprint density at radius 2 is 2.11 bits per heavy atom. The highest BCUT2D eigenvalue weighted by molar-refractivity contribution is 5.65. The number of benzene rings is 1. The molecule has 0 bridgehead atoms.